The maximum absolute atomic E-state index is 12.8. The predicted octanol–water partition coefficient (Wildman–Crippen LogP) is 2.98. The van der Waals surface area contributed by atoms with E-state index in [0.717, 1.165) is 16.3 Å². The first-order chi connectivity index (χ1) is 13.8. The van der Waals surface area contributed by atoms with Crippen LogP contribution in [0.4, 0.5) is 11.4 Å². The minimum absolute atomic E-state index is 0.0662. The lowest BCUT2D eigenvalue weighted by molar-refractivity contribution is -0.00813. The monoisotopic (exact) mass is 484 g/mol. The number of carbonyl (C=O) groups excluding carboxylic acids is 1. The number of sulfonamides is 1. The molecule has 0 aromatic heterocycles. The number of carbonyl (C=O) groups is 1. The van der Waals surface area contributed by atoms with Crippen LogP contribution in [0.25, 0.3) is 0 Å². The average molecular weight is 485 g/mol. The van der Waals surface area contributed by atoms with E-state index in [-0.39, 0.29) is 18.4 Å². The molecule has 156 valence electrons. The molecule has 1 aliphatic rings. The van der Waals surface area contributed by atoms with Gasteiger partial charge >= 0.3 is 0 Å². The first kappa shape index (κ1) is 21.6. The molecule has 0 atom stereocenters. The van der Waals surface area contributed by atoms with Gasteiger partial charge in [-0.1, -0.05) is 15.9 Å². The third-order valence-electron chi connectivity index (χ3n) is 4.17. The molecule has 1 N–H and O–H groups in total. The maximum Gasteiger partial charge on any atom is 0.258 e. The molecule has 2 aromatic rings. The van der Waals surface area contributed by atoms with Gasteiger partial charge in [-0.3, -0.25) is 9.52 Å². The van der Waals surface area contributed by atoms with Crippen molar-refractivity contribution in [1.82, 2.24) is 0 Å². The van der Waals surface area contributed by atoms with Crippen molar-refractivity contribution < 1.29 is 27.4 Å². The largest absolute Gasteiger partial charge is 0.465 e. The third-order valence-corrected chi connectivity index (χ3v) is 5.25. The number of anilines is 2. The van der Waals surface area contributed by atoms with Crippen LogP contribution in [0, 0.1) is 0 Å². The van der Waals surface area contributed by atoms with E-state index in [1.54, 1.807) is 36.3 Å². The second-order valence-corrected chi connectivity index (χ2v) is 9.07. The number of fused-ring (bicyclic) bond motifs is 1. The first-order valence-corrected chi connectivity index (χ1v) is 11.4. The summed E-state index contributed by atoms with van der Waals surface area (Å²) in [7, 11) is -1.99. The molecule has 0 saturated carbocycles. The zero-order valence-corrected chi connectivity index (χ0v) is 18.4. The minimum Gasteiger partial charge on any atom is -0.465 e. The Labute approximate surface area is 177 Å². The highest BCUT2D eigenvalue weighted by atomic mass is 79.9. The van der Waals surface area contributed by atoms with Crippen LogP contribution in [0.5, 0.6) is 5.75 Å². The SMILES string of the molecule is COCCOCOc1ccc(N2Cc3cc(Br)ccc3C2=O)cc1NS(C)(=O)=O. The smallest absolute Gasteiger partial charge is 0.258 e. The van der Waals surface area contributed by atoms with Gasteiger partial charge in [0.05, 0.1) is 31.7 Å². The molecule has 0 saturated heterocycles. The van der Waals surface area contributed by atoms with Crippen molar-refractivity contribution in [2.75, 3.05) is 43.0 Å². The number of nitrogens with one attached hydrogen (secondary N) is 1. The fourth-order valence-electron chi connectivity index (χ4n) is 2.90. The van der Waals surface area contributed by atoms with Gasteiger partial charge in [0.25, 0.3) is 5.91 Å². The predicted molar refractivity (Wildman–Crippen MR) is 113 cm³/mol. The van der Waals surface area contributed by atoms with E-state index < -0.39 is 10.0 Å². The summed E-state index contributed by atoms with van der Waals surface area (Å²) in [6.07, 6.45) is 1.05. The fraction of sp³-hybridized carbons (Fsp3) is 0.316. The van der Waals surface area contributed by atoms with Crippen LogP contribution in [0.15, 0.2) is 40.9 Å². The summed E-state index contributed by atoms with van der Waals surface area (Å²) in [5, 5.41) is 0. The number of hydrogen-bond donors (Lipinski definition) is 1. The van der Waals surface area contributed by atoms with Crippen molar-refractivity contribution in [2.45, 2.75) is 6.54 Å². The van der Waals surface area contributed by atoms with Gasteiger partial charge in [0.2, 0.25) is 10.0 Å². The quantitative estimate of drug-likeness (QED) is 0.434. The van der Waals surface area contributed by atoms with Crippen LogP contribution in [0.2, 0.25) is 0 Å². The van der Waals surface area contributed by atoms with Gasteiger partial charge in [0.1, 0.15) is 5.75 Å². The van der Waals surface area contributed by atoms with Gasteiger partial charge in [-0.15, -0.1) is 0 Å². The third kappa shape index (κ3) is 5.47. The van der Waals surface area contributed by atoms with Crippen molar-refractivity contribution in [2.24, 2.45) is 0 Å². The fourth-order valence-corrected chi connectivity index (χ4v) is 3.86. The first-order valence-electron chi connectivity index (χ1n) is 8.70. The summed E-state index contributed by atoms with van der Waals surface area (Å²) in [6.45, 7) is 1.10. The van der Waals surface area contributed by atoms with Gasteiger partial charge < -0.3 is 19.1 Å². The Kier molecular flexibility index (Phi) is 6.78. The molecular formula is C19H21BrN2O6S. The lowest BCUT2D eigenvalue weighted by Crippen LogP contribution is -2.23. The van der Waals surface area contributed by atoms with Gasteiger partial charge in [-0.2, -0.15) is 0 Å². The van der Waals surface area contributed by atoms with E-state index in [0.29, 0.717) is 36.8 Å². The lowest BCUT2D eigenvalue weighted by Gasteiger charge is -2.19. The number of nitrogens with zero attached hydrogens (tertiary/aromatic N) is 1. The van der Waals surface area contributed by atoms with E-state index in [2.05, 4.69) is 20.7 Å². The molecule has 0 unspecified atom stereocenters. The molecule has 1 amide bonds. The number of methoxy groups -OCH3 is 1. The zero-order valence-electron chi connectivity index (χ0n) is 16.0. The molecule has 2 aromatic carbocycles. The standard InChI is InChI=1S/C19H21BrN2O6S/c1-26-7-8-27-12-28-18-6-4-15(10-17(18)21-29(2,24)25)22-11-13-9-14(20)3-5-16(13)19(22)23/h3-6,9-10,21H,7-8,11-12H2,1-2H3. The normalized spacial score (nSPS) is 13.5. The van der Waals surface area contributed by atoms with Crippen LogP contribution in [0.1, 0.15) is 15.9 Å². The molecule has 29 heavy (non-hydrogen) atoms. The molecule has 8 nitrogen and oxygen atoms in total. The number of ether oxygens (including phenoxy) is 3. The summed E-state index contributed by atoms with van der Waals surface area (Å²) < 4.78 is 42.6. The maximum atomic E-state index is 12.8. The lowest BCUT2D eigenvalue weighted by atomic mass is 10.1. The molecule has 10 heteroatoms. The van der Waals surface area contributed by atoms with E-state index >= 15 is 0 Å². The summed E-state index contributed by atoms with van der Waals surface area (Å²) in [6, 6.07) is 10.4. The highest BCUT2D eigenvalue weighted by Gasteiger charge is 2.29. The van der Waals surface area contributed by atoms with E-state index in [9.17, 15) is 13.2 Å². The zero-order chi connectivity index (χ0) is 21.0. The van der Waals surface area contributed by atoms with Crippen LogP contribution in [-0.4, -0.2) is 47.7 Å². The topological polar surface area (TPSA) is 94.2 Å². The Hall–Kier alpha value is -2.14. The number of halogens is 1. The Morgan fingerprint density at radius 1 is 1.17 bits per heavy atom. The van der Waals surface area contributed by atoms with Gasteiger partial charge in [0, 0.05) is 22.8 Å². The van der Waals surface area contributed by atoms with Gasteiger partial charge in [-0.05, 0) is 42.0 Å². The highest BCUT2D eigenvalue weighted by molar-refractivity contribution is 9.10. The number of amides is 1. The Bertz CT molecular complexity index is 1010. The van der Waals surface area contributed by atoms with Crippen molar-refractivity contribution in [3.8, 4) is 5.75 Å². The van der Waals surface area contributed by atoms with Crippen LogP contribution >= 0.6 is 15.9 Å². The Morgan fingerprint density at radius 3 is 2.69 bits per heavy atom. The van der Waals surface area contributed by atoms with Gasteiger partial charge in [-0.25, -0.2) is 8.42 Å². The second-order valence-electron chi connectivity index (χ2n) is 6.41. The number of benzene rings is 2. The van der Waals surface area contributed by atoms with E-state index in [1.165, 1.54) is 0 Å². The molecule has 0 radical (unpaired) electrons. The molecular weight excluding hydrogens is 464 g/mol. The molecule has 0 bridgehead atoms. The van der Waals surface area contributed by atoms with Crippen molar-refractivity contribution >= 4 is 43.2 Å². The van der Waals surface area contributed by atoms with Crippen LogP contribution < -0.4 is 14.4 Å². The summed E-state index contributed by atoms with van der Waals surface area (Å²) in [5.41, 5.74) is 2.30. The molecule has 0 fully saturated rings. The number of rotatable bonds is 9. The molecule has 0 spiro atoms. The molecule has 3 rings (SSSR count). The Balaban J connectivity index is 1.83. The van der Waals surface area contributed by atoms with E-state index in [4.69, 9.17) is 14.2 Å². The van der Waals surface area contributed by atoms with Crippen molar-refractivity contribution in [1.29, 1.82) is 0 Å². The number of hydrogen-bond acceptors (Lipinski definition) is 6. The summed E-state index contributed by atoms with van der Waals surface area (Å²) in [4.78, 5) is 14.4. The summed E-state index contributed by atoms with van der Waals surface area (Å²) in [5.74, 6) is 0.151. The van der Waals surface area contributed by atoms with E-state index in [1.807, 2.05) is 12.1 Å². The molecule has 1 heterocycles. The van der Waals surface area contributed by atoms with Crippen molar-refractivity contribution in [3.63, 3.8) is 0 Å². The van der Waals surface area contributed by atoms with Gasteiger partial charge in [0.15, 0.2) is 6.79 Å². The summed E-state index contributed by atoms with van der Waals surface area (Å²) >= 11 is 3.41. The van der Waals surface area contributed by atoms with Crippen LogP contribution in [0.3, 0.4) is 0 Å². The van der Waals surface area contributed by atoms with Crippen molar-refractivity contribution in [3.05, 3.63) is 52.0 Å². The minimum atomic E-state index is -3.55. The highest BCUT2D eigenvalue weighted by Crippen LogP contribution is 2.35. The van der Waals surface area contributed by atoms with Crippen LogP contribution in [-0.2, 0) is 26.0 Å². The Morgan fingerprint density at radius 2 is 1.97 bits per heavy atom. The average Bonchev–Trinajstić information content (AvgIpc) is 2.97. The molecule has 1 aliphatic heterocycles. The second kappa shape index (κ2) is 9.12. The molecule has 0 aliphatic carbocycles.